The highest BCUT2D eigenvalue weighted by Gasteiger charge is 2.11. The number of benzene rings is 2. The number of phenolic OH excluding ortho intramolecular Hbond substituents is 1. The van der Waals surface area contributed by atoms with Crippen molar-refractivity contribution in [2.45, 2.75) is 27.7 Å². The topological polar surface area (TPSA) is 61.4 Å². The van der Waals surface area contributed by atoms with Gasteiger partial charge in [-0.1, -0.05) is 6.07 Å². The smallest absolute Gasteiger partial charge is 0.257 e. The zero-order valence-corrected chi connectivity index (χ0v) is 14.5. The maximum Gasteiger partial charge on any atom is 0.257 e. The minimum atomic E-state index is -0.283. The second-order valence-electron chi connectivity index (χ2n) is 5.66. The minimum Gasteiger partial charge on any atom is -0.506 e. The third-order valence-electron chi connectivity index (χ3n) is 3.86. The molecule has 2 rings (SSSR count). The molecular weight excluding hydrogens is 308 g/mol. The fraction of sp³-hybridized carbons (Fsp3) is 0.222. The van der Waals surface area contributed by atoms with Crippen LogP contribution in [0.5, 0.6) is 5.75 Å². The molecule has 0 atom stereocenters. The van der Waals surface area contributed by atoms with Gasteiger partial charge in [0.05, 0.1) is 5.69 Å². The molecule has 120 valence electrons. The van der Waals surface area contributed by atoms with Crippen molar-refractivity contribution in [2.75, 3.05) is 5.32 Å². The van der Waals surface area contributed by atoms with E-state index in [1.165, 1.54) is 0 Å². The van der Waals surface area contributed by atoms with Crippen molar-refractivity contribution < 1.29 is 9.90 Å². The van der Waals surface area contributed by atoms with E-state index in [0.29, 0.717) is 11.3 Å². The Kier molecular flexibility index (Phi) is 5.01. The summed E-state index contributed by atoms with van der Waals surface area (Å²) in [6, 6.07) is 8.93. The van der Waals surface area contributed by atoms with Crippen LogP contribution in [0, 0.1) is 27.7 Å². The first-order valence-electron chi connectivity index (χ1n) is 7.27. The molecule has 0 spiro atoms. The number of rotatable bonds is 2. The first kappa shape index (κ1) is 17.0. The third-order valence-corrected chi connectivity index (χ3v) is 4.06. The van der Waals surface area contributed by atoms with E-state index in [2.05, 4.69) is 10.6 Å². The summed E-state index contributed by atoms with van der Waals surface area (Å²) >= 11 is 5.15. The Bertz CT molecular complexity index is 785. The molecule has 0 aliphatic rings. The summed E-state index contributed by atoms with van der Waals surface area (Å²) in [6.07, 6.45) is 0. The Morgan fingerprint density at radius 3 is 2.22 bits per heavy atom. The molecule has 4 nitrogen and oxygen atoms in total. The molecule has 0 aromatic heterocycles. The summed E-state index contributed by atoms with van der Waals surface area (Å²) in [5.41, 5.74) is 5.19. The van der Waals surface area contributed by atoms with Crippen molar-refractivity contribution in [3.05, 3.63) is 58.1 Å². The Morgan fingerprint density at radius 2 is 1.57 bits per heavy atom. The van der Waals surface area contributed by atoms with Gasteiger partial charge >= 0.3 is 0 Å². The third kappa shape index (κ3) is 4.07. The van der Waals surface area contributed by atoms with E-state index >= 15 is 0 Å². The molecule has 0 unspecified atom stereocenters. The lowest BCUT2D eigenvalue weighted by Crippen LogP contribution is -2.34. The van der Waals surface area contributed by atoms with Gasteiger partial charge in [0.15, 0.2) is 5.11 Å². The van der Waals surface area contributed by atoms with E-state index in [4.69, 9.17) is 12.2 Å². The van der Waals surface area contributed by atoms with Gasteiger partial charge in [0.2, 0.25) is 0 Å². The highest BCUT2D eigenvalue weighted by Crippen LogP contribution is 2.26. The molecule has 5 heteroatoms. The molecule has 0 radical (unpaired) electrons. The largest absolute Gasteiger partial charge is 0.506 e. The molecule has 0 fully saturated rings. The minimum absolute atomic E-state index is 0.0934. The Labute approximate surface area is 141 Å². The summed E-state index contributed by atoms with van der Waals surface area (Å²) in [5.74, 6) is -0.190. The van der Waals surface area contributed by atoms with Crippen LogP contribution in [0.15, 0.2) is 30.3 Å². The molecule has 2 aromatic carbocycles. The Hall–Kier alpha value is -2.40. The fourth-order valence-electron chi connectivity index (χ4n) is 2.11. The van der Waals surface area contributed by atoms with Gasteiger partial charge in [0, 0.05) is 5.56 Å². The predicted molar refractivity (Wildman–Crippen MR) is 97.2 cm³/mol. The first-order chi connectivity index (χ1) is 10.8. The van der Waals surface area contributed by atoms with Crippen LogP contribution in [0.25, 0.3) is 0 Å². The molecule has 2 aromatic rings. The van der Waals surface area contributed by atoms with Crippen LogP contribution in [0.4, 0.5) is 5.69 Å². The highest BCUT2D eigenvalue weighted by molar-refractivity contribution is 7.80. The number of carbonyl (C=O) groups is 1. The lowest BCUT2D eigenvalue weighted by Gasteiger charge is -2.13. The zero-order valence-electron chi connectivity index (χ0n) is 13.7. The first-order valence-corrected chi connectivity index (χ1v) is 7.68. The number of phenols is 1. The quantitative estimate of drug-likeness (QED) is 0.580. The monoisotopic (exact) mass is 328 g/mol. The number of anilines is 1. The van der Waals surface area contributed by atoms with Gasteiger partial charge in [-0.3, -0.25) is 10.1 Å². The van der Waals surface area contributed by atoms with Gasteiger partial charge in [-0.25, -0.2) is 0 Å². The number of nitrogens with one attached hydrogen (secondary N) is 2. The van der Waals surface area contributed by atoms with Gasteiger partial charge < -0.3 is 10.4 Å². The van der Waals surface area contributed by atoms with E-state index in [1.54, 1.807) is 18.2 Å². The van der Waals surface area contributed by atoms with E-state index in [-0.39, 0.29) is 16.8 Å². The second kappa shape index (κ2) is 6.79. The lowest BCUT2D eigenvalue weighted by molar-refractivity contribution is 0.0977. The van der Waals surface area contributed by atoms with Crippen molar-refractivity contribution in [3.63, 3.8) is 0 Å². The number of hydrogen-bond acceptors (Lipinski definition) is 3. The Balaban J connectivity index is 2.09. The summed E-state index contributed by atoms with van der Waals surface area (Å²) in [7, 11) is 0. The van der Waals surface area contributed by atoms with Crippen LogP contribution in [0.3, 0.4) is 0 Å². The maximum absolute atomic E-state index is 12.2. The molecule has 0 aliphatic heterocycles. The molecule has 3 N–H and O–H groups in total. The van der Waals surface area contributed by atoms with Crippen molar-refractivity contribution in [1.82, 2.24) is 5.32 Å². The van der Waals surface area contributed by atoms with Crippen LogP contribution in [-0.2, 0) is 0 Å². The van der Waals surface area contributed by atoms with Crippen molar-refractivity contribution >= 4 is 28.9 Å². The van der Waals surface area contributed by atoms with Gasteiger partial charge in [-0.05, 0) is 86.4 Å². The van der Waals surface area contributed by atoms with E-state index in [1.807, 2.05) is 39.8 Å². The molecule has 0 saturated carbocycles. The van der Waals surface area contributed by atoms with Gasteiger partial charge in [-0.15, -0.1) is 0 Å². The fourth-order valence-corrected chi connectivity index (χ4v) is 2.32. The average molecular weight is 328 g/mol. The molecule has 0 saturated heterocycles. The van der Waals surface area contributed by atoms with Crippen molar-refractivity contribution in [3.8, 4) is 5.75 Å². The van der Waals surface area contributed by atoms with Crippen LogP contribution < -0.4 is 10.6 Å². The number of amides is 1. The predicted octanol–water partition coefficient (Wildman–Crippen LogP) is 3.75. The average Bonchev–Trinajstić information content (AvgIpc) is 2.47. The molecule has 0 bridgehead atoms. The maximum atomic E-state index is 12.2. The van der Waals surface area contributed by atoms with Crippen LogP contribution in [0.2, 0.25) is 0 Å². The van der Waals surface area contributed by atoms with E-state index in [9.17, 15) is 9.90 Å². The SMILES string of the molecule is Cc1ccc(C(=O)NC(=S)Nc2cc(C)c(C)cc2O)cc1C. The van der Waals surface area contributed by atoms with E-state index < -0.39 is 0 Å². The summed E-state index contributed by atoms with van der Waals surface area (Å²) in [4.78, 5) is 12.2. The second-order valence-corrected chi connectivity index (χ2v) is 6.07. The summed E-state index contributed by atoms with van der Waals surface area (Å²) < 4.78 is 0. The highest BCUT2D eigenvalue weighted by atomic mass is 32.1. The number of hydrogen-bond donors (Lipinski definition) is 3. The molecule has 0 aliphatic carbocycles. The standard InChI is InChI=1S/C18H20N2O2S/c1-10-5-6-14(7-11(10)2)17(22)20-18(23)19-15-8-12(3)13(4)9-16(15)21/h5-9,21H,1-4H3,(H2,19,20,22,23). The summed E-state index contributed by atoms with van der Waals surface area (Å²) in [5, 5.41) is 15.6. The lowest BCUT2D eigenvalue weighted by atomic mass is 10.1. The molecule has 23 heavy (non-hydrogen) atoms. The number of aryl methyl sites for hydroxylation is 4. The van der Waals surface area contributed by atoms with Gasteiger partial charge in [-0.2, -0.15) is 0 Å². The van der Waals surface area contributed by atoms with Crippen LogP contribution >= 0.6 is 12.2 Å². The van der Waals surface area contributed by atoms with Gasteiger partial charge in [0.1, 0.15) is 5.75 Å². The van der Waals surface area contributed by atoms with Crippen LogP contribution in [0.1, 0.15) is 32.6 Å². The number of thiocarbonyl (C=S) groups is 1. The normalized spacial score (nSPS) is 10.3. The summed E-state index contributed by atoms with van der Waals surface area (Å²) in [6.45, 7) is 7.80. The molecule has 0 heterocycles. The van der Waals surface area contributed by atoms with Crippen LogP contribution in [-0.4, -0.2) is 16.1 Å². The molecule has 1 amide bonds. The van der Waals surface area contributed by atoms with E-state index in [0.717, 1.165) is 22.3 Å². The molecular formula is C18H20N2O2S. The van der Waals surface area contributed by atoms with Crippen molar-refractivity contribution in [1.29, 1.82) is 0 Å². The van der Waals surface area contributed by atoms with Crippen molar-refractivity contribution in [2.24, 2.45) is 0 Å². The van der Waals surface area contributed by atoms with Gasteiger partial charge in [0.25, 0.3) is 5.91 Å². The Morgan fingerprint density at radius 1 is 0.957 bits per heavy atom. The number of aromatic hydroxyl groups is 1. The number of carbonyl (C=O) groups excluding carboxylic acids is 1. The zero-order chi connectivity index (χ0) is 17.1.